The Kier molecular flexibility index (Phi) is 7.02. The fourth-order valence-electron chi connectivity index (χ4n) is 3.71. The maximum absolute atomic E-state index is 13.1. The van der Waals surface area contributed by atoms with E-state index in [1.807, 2.05) is 47.0 Å². The zero-order valence-corrected chi connectivity index (χ0v) is 18.9. The summed E-state index contributed by atoms with van der Waals surface area (Å²) in [5.41, 5.74) is 1.83. The van der Waals surface area contributed by atoms with Gasteiger partial charge in [-0.1, -0.05) is 42.1 Å². The molecule has 0 saturated heterocycles. The number of hydrogen-bond acceptors (Lipinski definition) is 5. The summed E-state index contributed by atoms with van der Waals surface area (Å²) in [6.07, 6.45) is 0.585. The minimum Gasteiger partial charge on any atom is -0.330 e. The van der Waals surface area contributed by atoms with Crippen LogP contribution in [0.1, 0.15) is 25.3 Å². The number of rotatable bonds is 9. The van der Waals surface area contributed by atoms with Crippen LogP contribution in [0.2, 0.25) is 0 Å². The largest absolute Gasteiger partial charge is 0.406 e. The van der Waals surface area contributed by atoms with Crippen LogP contribution in [0, 0.1) is 5.92 Å². The smallest absolute Gasteiger partial charge is 0.330 e. The summed E-state index contributed by atoms with van der Waals surface area (Å²) >= 11 is 1.11. The predicted molar refractivity (Wildman–Crippen MR) is 119 cm³/mol. The highest BCUT2D eigenvalue weighted by Crippen LogP contribution is 2.36. The van der Waals surface area contributed by atoms with Crippen LogP contribution in [0.15, 0.2) is 60.0 Å². The van der Waals surface area contributed by atoms with E-state index in [1.54, 1.807) is 19.3 Å². The fraction of sp³-hybridized carbons (Fsp3) is 0.391. The first-order chi connectivity index (χ1) is 15.8. The van der Waals surface area contributed by atoms with Gasteiger partial charge < -0.3 is 4.90 Å². The molecule has 2 heterocycles. The second-order valence-corrected chi connectivity index (χ2v) is 9.06. The monoisotopic (exact) mass is 475 g/mol. The van der Waals surface area contributed by atoms with Crippen LogP contribution >= 0.6 is 11.8 Å². The van der Waals surface area contributed by atoms with E-state index in [9.17, 15) is 18.0 Å². The first kappa shape index (κ1) is 23.3. The standard InChI is InChI=1S/C23H24F3N5OS/c1-16(18-7-8-18)31(15-23(24,25)26)20(32)14-33-22-29-28-21(19-9-11-27-12-10-19)30(22)13-17-5-3-2-4-6-17/h2-6,9-12,16,18H,7-8,13-15H2,1H3/t16-/m0/s1. The average molecular weight is 476 g/mol. The fourth-order valence-corrected chi connectivity index (χ4v) is 4.54. The van der Waals surface area contributed by atoms with E-state index in [0.717, 1.165) is 40.6 Å². The molecule has 4 rings (SSSR count). The molecular formula is C23H24F3N5OS. The molecule has 1 aliphatic carbocycles. The van der Waals surface area contributed by atoms with E-state index in [4.69, 9.17) is 0 Å². The van der Waals surface area contributed by atoms with E-state index >= 15 is 0 Å². The number of hydrogen-bond donors (Lipinski definition) is 0. The van der Waals surface area contributed by atoms with Gasteiger partial charge in [0.15, 0.2) is 11.0 Å². The summed E-state index contributed by atoms with van der Waals surface area (Å²) < 4.78 is 41.3. The highest BCUT2D eigenvalue weighted by Gasteiger charge is 2.40. The van der Waals surface area contributed by atoms with Gasteiger partial charge in [0.2, 0.25) is 5.91 Å². The molecule has 6 nitrogen and oxygen atoms in total. The van der Waals surface area contributed by atoms with Gasteiger partial charge in [-0.15, -0.1) is 10.2 Å². The van der Waals surface area contributed by atoms with Gasteiger partial charge in [0.05, 0.1) is 12.3 Å². The van der Waals surface area contributed by atoms with Gasteiger partial charge in [-0.3, -0.25) is 14.3 Å². The van der Waals surface area contributed by atoms with Crippen LogP contribution in [0.25, 0.3) is 11.4 Å². The molecule has 1 aromatic carbocycles. The molecule has 174 valence electrons. The number of amides is 1. The highest BCUT2D eigenvalue weighted by molar-refractivity contribution is 7.99. The molecule has 1 fully saturated rings. The normalized spacial score (nSPS) is 14.8. The predicted octanol–water partition coefficient (Wildman–Crippen LogP) is 4.67. The van der Waals surface area contributed by atoms with Gasteiger partial charge in [0.1, 0.15) is 6.54 Å². The molecular weight excluding hydrogens is 451 g/mol. The van der Waals surface area contributed by atoms with Crippen LogP contribution in [-0.4, -0.2) is 55.1 Å². The number of nitrogens with zero attached hydrogens (tertiary/aromatic N) is 5. The molecule has 0 unspecified atom stereocenters. The number of pyridine rings is 1. The van der Waals surface area contributed by atoms with Crippen molar-refractivity contribution in [3.8, 4) is 11.4 Å². The number of halogens is 3. The number of benzene rings is 1. The van der Waals surface area contributed by atoms with Crippen molar-refractivity contribution in [2.75, 3.05) is 12.3 Å². The molecule has 2 aromatic heterocycles. The Morgan fingerprint density at radius 1 is 1.15 bits per heavy atom. The van der Waals surface area contributed by atoms with Crippen molar-refractivity contribution in [2.45, 2.75) is 43.7 Å². The van der Waals surface area contributed by atoms with Crippen molar-refractivity contribution in [3.63, 3.8) is 0 Å². The van der Waals surface area contributed by atoms with E-state index in [1.165, 1.54) is 0 Å². The van der Waals surface area contributed by atoms with Crippen molar-refractivity contribution < 1.29 is 18.0 Å². The number of thioether (sulfide) groups is 1. The van der Waals surface area contributed by atoms with Crippen LogP contribution in [0.3, 0.4) is 0 Å². The molecule has 33 heavy (non-hydrogen) atoms. The van der Waals surface area contributed by atoms with E-state index in [2.05, 4.69) is 15.2 Å². The second-order valence-electron chi connectivity index (χ2n) is 8.12. The summed E-state index contributed by atoms with van der Waals surface area (Å²) in [5.74, 6) is 0.0589. The molecule has 1 saturated carbocycles. The zero-order chi connectivity index (χ0) is 23.4. The Hall–Kier alpha value is -2.88. The summed E-state index contributed by atoms with van der Waals surface area (Å²) in [6, 6.07) is 12.9. The Bertz CT molecular complexity index is 1070. The molecule has 0 aliphatic heterocycles. The van der Waals surface area contributed by atoms with Gasteiger partial charge in [0.25, 0.3) is 0 Å². The number of alkyl halides is 3. The van der Waals surface area contributed by atoms with E-state index in [0.29, 0.717) is 17.5 Å². The van der Waals surface area contributed by atoms with Crippen molar-refractivity contribution in [2.24, 2.45) is 5.92 Å². The van der Waals surface area contributed by atoms with Gasteiger partial charge >= 0.3 is 6.18 Å². The Labute approximate surface area is 194 Å². The summed E-state index contributed by atoms with van der Waals surface area (Å²) in [7, 11) is 0. The van der Waals surface area contributed by atoms with Crippen LogP contribution in [-0.2, 0) is 11.3 Å². The lowest BCUT2D eigenvalue weighted by atomic mass is 10.2. The lowest BCUT2D eigenvalue weighted by molar-refractivity contribution is -0.164. The molecule has 1 aliphatic rings. The third-order valence-electron chi connectivity index (χ3n) is 5.63. The zero-order valence-electron chi connectivity index (χ0n) is 18.1. The molecule has 1 atom stereocenters. The Morgan fingerprint density at radius 2 is 1.85 bits per heavy atom. The molecule has 0 spiro atoms. The van der Waals surface area contributed by atoms with Crippen molar-refractivity contribution in [3.05, 3.63) is 60.4 Å². The number of carbonyl (C=O) groups is 1. The molecule has 0 N–H and O–H groups in total. The minimum absolute atomic E-state index is 0.140. The molecule has 0 radical (unpaired) electrons. The average Bonchev–Trinajstić information content (AvgIpc) is 3.58. The SMILES string of the molecule is C[C@@H](C1CC1)N(CC(F)(F)F)C(=O)CSc1nnc(-c2ccncc2)n1Cc1ccccc1. The molecule has 1 amide bonds. The topological polar surface area (TPSA) is 63.9 Å². The third-order valence-corrected chi connectivity index (χ3v) is 6.58. The van der Waals surface area contributed by atoms with Gasteiger partial charge in [0, 0.05) is 24.0 Å². The van der Waals surface area contributed by atoms with E-state index in [-0.39, 0.29) is 11.7 Å². The highest BCUT2D eigenvalue weighted by atomic mass is 32.2. The lowest BCUT2D eigenvalue weighted by Crippen LogP contribution is -2.46. The summed E-state index contributed by atoms with van der Waals surface area (Å²) in [5, 5.41) is 9.02. The van der Waals surface area contributed by atoms with Crippen molar-refractivity contribution in [1.29, 1.82) is 0 Å². The number of aromatic nitrogens is 4. The first-order valence-corrected chi connectivity index (χ1v) is 11.7. The van der Waals surface area contributed by atoms with E-state index < -0.39 is 24.7 Å². The quantitative estimate of drug-likeness (QED) is 0.421. The van der Waals surface area contributed by atoms with Crippen LogP contribution in [0.5, 0.6) is 0 Å². The van der Waals surface area contributed by atoms with Crippen LogP contribution in [0.4, 0.5) is 13.2 Å². The summed E-state index contributed by atoms with van der Waals surface area (Å²) in [4.78, 5) is 17.8. The van der Waals surface area contributed by atoms with Gasteiger partial charge in [-0.2, -0.15) is 13.2 Å². The lowest BCUT2D eigenvalue weighted by Gasteiger charge is -2.30. The second kappa shape index (κ2) is 9.94. The summed E-state index contributed by atoms with van der Waals surface area (Å²) in [6.45, 7) is 0.932. The van der Waals surface area contributed by atoms with Gasteiger partial charge in [-0.05, 0) is 43.4 Å². The van der Waals surface area contributed by atoms with Crippen LogP contribution < -0.4 is 0 Å². The Morgan fingerprint density at radius 3 is 2.48 bits per heavy atom. The first-order valence-electron chi connectivity index (χ1n) is 10.7. The maximum atomic E-state index is 13.1. The van der Waals surface area contributed by atoms with Gasteiger partial charge in [-0.25, -0.2) is 0 Å². The molecule has 10 heteroatoms. The van der Waals surface area contributed by atoms with Crippen molar-refractivity contribution >= 4 is 17.7 Å². The number of carbonyl (C=O) groups excluding carboxylic acids is 1. The Balaban J connectivity index is 1.55. The minimum atomic E-state index is -4.44. The molecule has 0 bridgehead atoms. The van der Waals surface area contributed by atoms with Crippen molar-refractivity contribution in [1.82, 2.24) is 24.6 Å². The third kappa shape index (κ3) is 6.13. The maximum Gasteiger partial charge on any atom is 0.406 e. The molecule has 3 aromatic rings.